The first-order chi connectivity index (χ1) is 12.2. The molecular formula is C18H20FN3O2S. The summed E-state index contributed by atoms with van der Waals surface area (Å²) in [5, 5.41) is 6.24. The second kappa shape index (κ2) is 8.82. The maximum atomic E-state index is 13.3. The lowest BCUT2D eigenvalue weighted by Crippen LogP contribution is -2.41. The van der Waals surface area contributed by atoms with Gasteiger partial charge in [0.15, 0.2) is 0 Å². The zero-order valence-electron chi connectivity index (χ0n) is 13.7. The fourth-order valence-corrected chi connectivity index (χ4v) is 3.48. The molecule has 1 aliphatic heterocycles. The van der Waals surface area contributed by atoms with Gasteiger partial charge in [-0.3, -0.25) is 4.79 Å². The van der Waals surface area contributed by atoms with Gasteiger partial charge >= 0.3 is 0 Å². The van der Waals surface area contributed by atoms with Crippen molar-refractivity contribution in [2.75, 3.05) is 18.1 Å². The van der Waals surface area contributed by atoms with Gasteiger partial charge in [-0.15, -0.1) is 0 Å². The minimum atomic E-state index is -0.374. The summed E-state index contributed by atoms with van der Waals surface area (Å²) in [5.74, 6) is 2.39. The number of aromatic nitrogens is 1. The average Bonchev–Trinajstić information content (AvgIpc) is 2.62. The van der Waals surface area contributed by atoms with E-state index in [4.69, 9.17) is 4.74 Å². The van der Waals surface area contributed by atoms with Crippen LogP contribution in [0.5, 0.6) is 11.6 Å². The second-order valence-corrected chi connectivity index (χ2v) is 6.88. The van der Waals surface area contributed by atoms with Gasteiger partial charge < -0.3 is 15.4 Å². The van der Waals surface area contributed by atoms with Gasteiger partial charge in [0.05, 0.1) is 0 Å². The molecule has 1 aliphatic rings. The number of hydrogen-bond acceptors (Lipinski definition) is 5. The number of nitrogens with one attached hydrogen (secondary N) is 2. The summed E-state index contributed by atoms with van der Waals surface area (Å²) in [7, 11) is 0. The van der Waals surface area contributed by atoms with Crippen LogP contribution in [0.3, 0.4) is 0 Å². The fourth-order valence-electron chi connectivity index (χ4n) is 2.53. The number of amides is 1. The van der Waals surface area contributed by atoms with Gasteiger partial charge in [-0.25, -0.2) is 9.37 Å². The molecule has 2 heterocycles. The standard InChI is InChI=1S/C18H20FN3O2S/c19-14-4-1-5-16(9-14)24-18-13(3-2-6-21-18)11-22-17(23)10-15-12-25-8-7-20-15/h1-6,9,15,20H,7-8,10-12H2,(H,22,23). The van der Waals surface area contributed by atoms with E-state index in [1.165, 1.54) is 12.1 Å². The van der Waals surface area contributed by atoms with Gasteiger partial charge in [0.2, 0.25) is 11.8 Å². The molecule has 1 saturated heterocycles. The topological polar surface area (TPSA) is 63.2 Å². The van der Waals surface area contributed by atoms with E-state index in [-0.39, 0.29) is 17.8 Å². The highest BCUT2D eigenvalue weighted by molar-refractivity contribution is 7.99. The van der Waals surface area contributed by atoms with E-state index >= 15 is 0 Å². The minimum absolute atomic E-state index is 0.0134. The lowest BCUT2D eigenvalue weighted by molar-refractivity contribution is -0.121. The van der Waals surface area contributed by atoms with Gasteiger partial charge in [-0.2, -0.15) is 11.8 Å². The van der Waals surface area contributed by atoms with Crippen molar-refractivity contribution in [3.05, 3.63) is 54.0 Å². The number of ether oxygens (including phenoxy) is 1. The number of rotatable bonds is 6. The van der Waals surface area contributed by atoms with Crippen molar-refractivity contribution in [3.8, 4) is 11.6 Å². The van der Waals surface area contributed by atoms with Crippen molar-refractivity contribution in [1.82, 2.24) is 15.6 Å². The van der Waals surface area contributed by atoms with Crippen LogP contribution in [0.2, 0.25) is 0 Å². The molecule has 2 aromatic rings. The van der Waals surface area contributed by atoms with Gasteiger partial charge in [0.25, 0.3) is 0 Å². The van der Waals surface area contributed by atoms with Crippen LogP contribution in [0, 0.1) is 5.82 Å². The number of halogens is 1. The van der Waals surface area contributed by atoms with Crippen LogP contribution in [0.15, 0.2) is 42.6 Å². The summed E-state index contributed by atoms with van der Waals surface area (Å²) in [5.41, 5.74) is 0.742. The Balaban J connectivity index is 1.58. The third-order valence-corrected chi connectivity index (χ3v) is 4.90. The first-order valence-corrected chi connectivity index (χ1v) is 9.31. The van der Waals surface area contributed by atoms with E-state index in [1.54, 1.807) is 24.4 Å². The smallest absolute Gasteiger partial charge is 0.224 e. The summed E-state index contributed by atoms with van der Waals surface area (Å²) in [6.07, 6.45) is 2.05. The summed E-state index contributed by atoms with van der Waals surface area (Å²) in [6, 6.07) is 9.70. The number of thioether (sulfide) groups is 1. The number of carbonyl (C=O) groups is 1. The van der Waals surface area contributed by atoms with Crippen molar-refractivity contribution < 1.29 is 13.9 Å². The molecule has 1 fully saturated rings. The Bertz CT molecular complexity index is 723. The molecule has 1 aromatic heterocycles. The maximum absolute atomic E-state index is 13.3. The molecule has 1 amide bonds. The largest absolute Gasteiger partial charge is 0.439 e. The zero-order valence-corrected chi connectivity index (χ0v) is 14.5. The Morgan fingerprint density at radius 3 is 3.12 bits per heavy atom. The SMILES string of the molecule is O=C(CC1CSCCN1)NCc1cccnc1Oc1cccc(F)c1. The molecule has 7 heteroatoms. The molecule has 0 aliphatic carbocycles. The van der Waals surface area contributed by atoms with Gasteiger partial charge in [0.1, 0.15) is 11.6 Å². The zero-order chi connectivity index (χ0) is 17.5. The lowest BCUT2D eigenvalue weighted by Gasteiger charge is -2.22. The van der Waals surface area contributed by atoms with Crippen molar-refractivity contribution in [1.29, 1.82) is 0 Å². The van der Waals surface area contributed by atoms with E-state index in [1.807, 2.05) is 17.8 Å². The van der Waals surface area contributed by atoms with E-state index in [2.05, 4.69) is 15.6 Å². The predicted molar refractivity (Wildman–Crippen MR) is 96.3 cm³/mol. The number of pyridine rings is 1. The van der Waals surface area contributed by atoms with Crippen LogP contribution in [-0.2, 0) is 11.3 Å². The summed E-state index contributed by atoms with van der Waals surface area (Å²) < 4.78 is 18.9. The van der Waals surface area contributed by atoms with Crippen molar-refractivity contribution in [2.24, 2.45) is 0 Å². The third kappa shape index (κ3) is 5.44. The highest BCUT2D eigenvalue weighted by Crippen LogP contribution is 2.23. The molecule has 1 unspecified atom stereocenters. The Labute approximate surface area is 150 Å². The Morgan fingerprint density at radius 2 is 2.32 bits per heavy atom. The van der Waals surface area contributed by atoms with Crippen molar-refractivity contribution >= 4 is 17.7 Å². The number of benzene rings is 1. The van der Waals surface area contributed by atoms with Crippen LogP contribution in [0.25, 0.3) is 0 Å². The van der Waals surface area contributed by atoms with Crippen molar-refractivity contribution in [3.63, 3.8) is 0 Å². The quantitative estimate of drug-likeness (QED) is 0.828. The molecule has 3 rings (SSSR count). The molecule has 0 spiro atoms. The molecule has 25 heavy (non-hydrogen) atoms. The van der Waals surface area contributed by atoms with Crippen LogP contribution >= 0.6 is 11.8 Å². The number of hydrogen-bond donors (Lipinski definition) is 2. The van der Waals surface area contributed by atoms with Gasteiger partial charge in [-0.05, 0) is 18.2 Å². The Morgan fingerprint density at radius 1 is 1.40 bits per heavy atom. The number of nitrogens with zero attached hydrogens (tertiary/aromatic N) is 1. The molecule has 0 saturated carbocycles. The summed E-state index contributed by atoms with van der Waals surface area (Å²) >= 11 is 1.86. The monoisotopic (exact) mass is 361 g/mol. The molecule has 2 N–H and O–H groups in total. The maximum Gasteiger partial charge on any atom is 0.224 e. The van der Waals surface area contributed by atoms with Gasteiger partial charge in [-0.1, -0.05) is 12.1 Å². The third-order valence-electron chi connectivity index (χ3n) is 3.77. The van der Waals surface area contributed by atoms with E-state index in [9.17, 15) is 9.18 Å². The van der Waals surface area contributed by atoms with Crippen LogP contribution in [0.1, 0.15) is 12.0 Å². The van der Waals surface area contributed by atoms with Gasteiger partial charge in [0, 0.05) is 54.9 Å². The molecule has 0 radical (unpaired) electrons. The van der Waals surface area contributed by atoms with E-state index < -0.39 is 0 Å². The summed E-state index contributed by atoms with van der Waals surface area (Å²) in [4.78, 5) is 16.3. The second-order valence-electron chi connectivity index (χ2n) is 5.73. The molecule has 1 atom stereocenters. The van der Waals surface area contributed by atoms with Crippen LogP contribution < -0.4 is 15.4 Å². The van der Waals surface area contributed by atoms with Crippen LogP contribution in [-0.4, -0.2) is 35.0 Å². The van der Waals surface area contributed by atoms with Crippen LogP contribution in [0.4, 0.5) is 4.39 Å². The molecular weight excluding hydrogens is 341 g/mol. The Kier molecular flexibility index (Phi) is 6.25. The lowest BCUT2D eigenvalue weighted by atomic mass is 10.2. The molecule has 1 aromatic carbocycles. The highest BCUT2D eigenvalue weighted by atomic mass is 32.2. The summed E-state index contributed by atoms with van der Waals surface area (Å²) in [6.45, 7) is 1.26. The van der Waals surface area contributed by atoms with Crippen molar-refractivity contribution in [2.45, 2.75) is 19.0 Å². The molecule has 0 bridgehead atoms. The molecule has 5 nitrogen and oxygen atoms in total. The normalized spacial score (nSPS) is 17.1. The minimum Gasteiger partial charge on any atom is -0.439 e. The highest BCUT2D eigenvalue weighted by Gasteiger charge is 2.17. The van der Waals surface area contributed by atoms with E-state index in [0.29, 0.717) is 24.6 Å². The predicted octanol–water partition coefficient (Wildman–Crippen LogP) is 2.72. The van der Waals surface area contributed by atoms with E-state index in [0.717, 1.165) is 23.6 Å². The Hall–Kier alpha value is -2.12. The first kappa shape index (κ1) is 17.7. The fraction of sp³-hybridized carbons (Fsp3) is 0.333. The number of carbonyl (C=O) groups excluding carboxylic acids is 1. The average molecular weight is 361 g/mol. The first-order valence-electron chi connectivity index (χ1n) is 8.16. The molecule has 132 valence electrons.